The molecule has 2 rings (SSSR count). The molecule has 0 atom stereocenters. The molecule has 0 spiro atoms. The van der Waals surface area contributed by atoms with Gasteiger partial charge in [-0.05, 0) is 23.8 Å². The van der Waals surface area contributed by atoms with Gasteiger partial charge in [-0.25, -0.2) is 0 Å². The summed E-state index contributed by atoms with van der Waals surface area (Å²) in [6, 6.07) is 8.17. The van der Waals surface area contributed by atoms with Gasteiger partial charge in [-0.2, -0.15) is 0 Å². The third-order valence-corrected chi connectivity index (χ3v) is 3.60. The van der Waals surface area contributed by atoms with E-state index >= 15 is 0 Å². The van der Waals surface area contributed by atoms with Crippen molar-refractivity contribution >= 4 is 29.4 Å². The maximum atomic E-state index is 12.7. The Morgan fingerprint density at radius 3 is 1.93 bits per heavy atom. The maximum absolute atomic E-state index is 12.7. The van der Waals surface area contributed by atoms with Crippen molar-refractivity contribution in [3.8, 4) is 17.2 Å². The van der Waals surface area contributed by atoms with Crippen LogP contribution in [0, 0.1) is 10.1 Å². The molecule has 0 heterocycles. The standard InChI is InChI=1S/C20H17NO9/c1-11(22)28-16-6-4-14(5-7-16)8-18(25)15-9-17(21(26)27)20(30-13(3)24)19(10-15)29-12(2)23/h4-7,9-10H,8H2,1-3H3. The van der Waals surface area contributed by atoms with Crippen molar-refractivity contribution < 1.29 is 38.3 Å². The third-order valence-electron chi connectivity index (χ3n) is 3.60. The van der Waals surface area contributed by atoms with Crippen molar-refractivity contribution in [2.24, 2.45) is 0 Å². The van der Waals surface area contributed by atoms with Gasteiger partial charge in [-0.3, -0.25) is 29.3 Å². The molecule has 0 fully saturated rings. The van der Waals surface area contributed by atoms with E-state index in [1.54, 1.807) is 12.1 Å². The number of carbonyl (C=O) groups is 4. The van der Waals surface area contributed by atoms with Gasteiger partial charge in [0.05, 0.1) is 4.92 Å². The van der Waals surface area contributed by atoms with Crippen LogP contribution in [0.4, 0.5) is 5.69 Å². The van der Waals surface area contributed by atoms with Crippen molar-refractivity contribution in [3.05, 3.63) is 57.6 Å². The fraction of sp³-hybridized carbons (Fsp3) is 0.200. The Kier molecular flexibility index (Phi) is 6.97. The molecule has 0 amide bonds. The first kappa shape index (κ1) is 22.2. The summed E-state index contributed by atoms with van der Waals surface area (Å²) in [4.78, 5) is 56.8. The summed E-state index contributed by atoms with van der Waals surface area (Å²) < 4.78 is 14.6. The highest BCUT2D eigenvalue weighted by atomic mass is 16.6. The van der Waals surface area contributed by atoms with E-state index in [0.717, 1.165) is 26.0 Å². The summed E-state index contributed by atoms with van der Waals surface area (Å²) in [7, 11) is 0. The molecule has 0 saturated heterocycles. The number of benzene rings is 2. The lowest BCUT2D eigenvalue weighted by atomic mass is 10.0. The SMILES string of the molecule is CC(=O)Oc1ccc(CC(=O)c2cc(OC(C)=O)c(OC(C)=O)c([N+](=O)[O-])c2)cc1. The van der Waals surface area contributed by atoms with E-state index in [1.807, 2.05) is 0 Å². The molecule has 2 aromatic carbocycles. The monoisotopic (exact) mass is 415 g/mol. The van der Waals surface area contributed by atoms with Crippen molar-refractivity contribution in [1.29, 1.82) is 0 Å². The minimum Gasteiger partial charge on any atom is -0.427 e. The van der Waals surface area contributed by atoms with E-state index in [4.69, 9.17) is 14.2 Å². The minimum atomic E-state index is -0.863. The van der Waals surface area contributed by atoms with Gasteiger partial charge in [-0.15, -0.1) is 0 Å². The summed E-state index contributed by atoms with van der Waals surface area (Å²) in [6.45, 7) is 3.34. The Labute approximate surface area is 170 Å². The second-order valence-electron chi connectivity index (χ2n) is 6.10. The molecule has 0 bridgehead atoms. The molecule has 0 N–H and O–H groups in total. The van der Waals surface area contributed by atoms with E-state index in [2.05, 4.69) is 0 Å². The molecule has 0 saturated carbocycles. The quantitative estimate of drug-likeness (QED) is 0.219. The van der Waals surface area contributed by atoms with Gasteiger partial charge >= 0.3 is 23.6 Å². The lowest BCUT2D eigenvalue weighted by Gasteiger charge is -2.11. The Morgan fingerprint density at radius 1 is 0.867 bits per heavy atom. The number of hydrogen-bond donors (Lipinski definition) is 0. The first-order valence-corrected chi connectivity index (χ1v) is 8.56. The van der Waals surface area contributed by atoms with Crippen LogP contribution in [-0.2, 0) is 20.8 Å². The normalized spacial score (nSPS) is 10.1. The van der Waals surface area contributed by atoms with Gasteiger partial charge in [0.25, 0.3) is 5.75 Å². The number of nitro groups is 1. The Hall–Kier alpha value is -4.08. The van der Waals surface area contributed by atoms with E-state index in [-0.39, 0.29) is 12.0 Å². The van der Waals surface area contributed by atoms with Crippen molar-refractivity contribution in [2.75, 3.05) is 0 Å². The zero-order valence-corrected chi connectivity index (χ0v) is 16.3. The van der Waals surface area contributed by atoms with E-state index in [1.165, 1.54) is 19.1 Å². The van der Waals surface area contributed by atoms with Gasteiger partial charge in [0.2, 0.25) is 0 Å². The summed E-state index contributed by atoms with van der Waals surface area (Å²) in [5.74, 6) is -3.36. The molecule has 0 aliphatic rings. The summed E-state index contributed by atoms with van der Waals surface area (Å²) in [5, 5.41) is 11.4. The number of ketones is 1. The number of esters is 3. The summed E-state index contributed by atoms with van der Waals surface area (Å²) >= 11 is 0. The molecule has 156 valence electrons. The summed E-state index contributed by atoms with van der Waals surface area (Å²) in [5.41, 5.74) is -0.257. The molecular formula is C20H17NO9. The van der Waals surface area contributed by atoms with Gasteiger partial charge in [0.15, 0.2) is 11.5 Å². The first-order chi connectivity index (χ1) is 14.1. The topological polar surface area (TPSA) is 139 Å². The van der Waals surface area contributed by atoms with Gasteiger partial charge in [-0.1, -0.05) is 12.1 Å². The smallest absolute Gasteiger partial charge is 0.316 e. The van der Waals surface area contributed by atoms with E-state index < -0.39 is 45.8 Å². The molecule has 10 heteroatoms. The highest BCUT2D eigenvalue weighted by Crippen LogP contribution is 2.39. The predicted octanol–water partition coefficient (Wildman–Crippen LogP) is 2.80. The molecule has 0 radical (unpaired) electrons. The van der Waals surface area contributed by atoms with Crippen LogP contribution < -0.4 is 14.2 Å². The number of rotatable bonds is 7. The largest absolute Gasteiger partial charge is 0.427 e. The molecule has 0 aliphatic heterocycles. The number of nitrogens with zero attached hydrogens (tertiary/aromatic N) is 1. The number of ether oxygens (including phenoxy) is 3. The van der Waals surface area contributed by atoms with Crippen molar-refractivity contribution in [1.82, 2.24) is 0 Å². The van der Waals surface area contributed by atoms with Crippen LogP contribution >= 0.6 is 0 Å². The van der Waals surface area contributed by atoms with Gasteiger partial charge in [0.1, 0.15) is 5.75 Å². The van der Waals surface area contributed by atoms with Crippen molar-refractivity contribution in [2.45, 2.75) is 27.2 Å². The highest BCUT2D eigenvalue weighted by Gasteiger charge is 2.27. The Bertz CT molecular complexity index is 1030. The second kappa shape index (κ2) is 9.41. The van der Waals surface area contributed by atoms with E-state index in [9.17, 15) is 29.3 Å². The molecule has 30 heavy (non-hydrogen) atoms. The van der Waals surface area contributed by atoms with Crippen LogP contribution in [0.5, 0.6) is 17.2 Å². The fourth-order valence-corrected chi connectivity index (χ4v) is 2.49. The second-order valence-corrected chi connectivity index (χ2v) is 6.10. The molecule has 2 aromatic rings. The third kappa shape index (κ3) is 5.96. The number of Topliss-reactive ketones (excluding diaryl/α,β-unsaturated/α-hetero) is 1. The first-order valence-electron chi connectivity index (χ1n) is 8.56. The highest BCUT2D eigenvalue weighted by molar-refractivity contribution is 5.99. The van der Waals surface area contributed by atoms with Crippen LogP contribution in [0.2, 0.25) is 0 Å². The number of carbonyl (C=O) groups excluding carboxylic acids is 4. The van der Waals surface area contributed by atoms with Gasteiger partial charge < -0.3 is 14.2 Å². The molecule has 0 aliphatic carbocycles. The van der Waals surface area contributed by atoms with Gasteiger partial charge in [0, 0.05) is 38.8 Å². The number of nitro benzene ring substituents is 1. The van der Waals surface area contributed by atoms with Crippen LogP contribution in [0.25, 0.3) is 0 Å². The van der Waals surface area contributed by atoms with Crippen LogP contribution in [0.15, 0.2) is 36.4 Å². The average molecular weight is 415 g/mol. The van der Waals surface area contributed by atoms with Crippen LogP contribution in [0.1, 0.15) is 36.7 Å². The zero-order valence-electron chi connectivity index (χ0n) is 16.3. The minimum absolute atomic E-state index is 0.113. The lowest BCUT2D eigenvalue weighted by Crippen LogP contribution is -2.11. The Balaban J connectivity index is 2.39. The molecule has 0 unspecified atom stereocenters. The average Bonchev–Trinajstić information content (AvgIpc) is 2.63. The molecule has 0 aromatic heterocycles. The van der Waals surface area contributed by atoms with Crippen LogP contribution in [0.3, 0.4) is 0 Å². The van der Waals surface area contributed by atoms with Crippen molar-refractivity contribution in [3.63, 3.8) is 0 Å². The fourth-order valence-electron chi connectivity index (χ4n) is 2.49. The zero-order chi connectivity index (χ0) is 22.4. The molecule has 10 nitrogen and oxygen atoms in total. The maximum Gasteiger partial charge on any atom is 0.316 e. The lowest BCUT2D eigenvalue weighted by molar-refractivity contribution is -0.385. The van der Waals surface area contributed by atoms with Crippen LogP contribution in [-0.4, -0.2) is 28.6 Å². The number of hydrogen-bond acceptors (Lipinski definition) is 9. The van der Waals surface area contributed by atoms with E-state index in [0.29, 0.717) is 11.3 Å². The molecular weight excluding hydrogens is 398 g/mol. The summed E-state index contributed by atoms with van der Waals surface area (Å²) in [6.07, 6.45) is -0.135. The predicted molar refractivity (Wildman–Crippen MR) is 101 cm³/mol. The Morgan fingerprint density at radius 2 is 1.43 bits per heavy atom.